The van der Waals surface area contributed by atoms with E-state index in [1.165, 1.54) is 5.57 Å². The van der Waals surface area contributed by atoms with Crippen molar-refractivity contribution in [3.8, 4) is 0 Å². The first-order valence-corrected chi connectivity index (χ1v) is 5.28. The van der Waals surface area contributed by atoms with Crippen LogP contribution in [0.4, 0.5) is 0 Å². The van der Waals surface area contributed by atoms with Gasteiger partial charge in [0.1, 0.15) is 0 Å². The topological polar surface area (TPSA) is 9.23 Å². The average Bonchev–Trinajstić information content (AvgIpc) is 2.25. The van der Waals surface area contributed by atoms with E-state index < -0.39 is 0 Å². The molecule has 0 radical (unpaired) electrons. The van der Waals surface area contributed by atoms with Gasteiger partial charge in [-0.2, -0.15) is 0 Å². The lowest BCUT2D eigenvalue weighted by Gasteiger charge is -2.00. The monoisotopic (exact) mass is 196 g/mol. The Bertz CT molecular complexity index is 157. The minimum atomic E-state index is 0.846. The van der Waals surface area contributed by atoms with Crippen molar-refractivity contribution in [2.24, 2.45) is 0 Å². The molecule has 0 N–H and O–H groups in total. The fourth-order valence-corrected chi connectivity index (χ4v) is 0.980. The molecule has 14 heavy (non-hydrogen) atoms. The maximum Gasteiger partial charge on any atom is 0.0462 e. The van der Waals surface area contributed by atoms with E-state index in [0.717, 1.165) is 25.9 Å². The van der Waals surface area contributed by atoms with E-state index in [-0.39, 0.29) is 0 Å². The number of hydrogen-bond acceptors (Lipinski definition) is 1. The Labute approximate surface area is 89.2 Å². The number of unbranched alkanes of at least 4 members (excludes halogenated alkanes) is 1. The molecule has 1 nitrogen and oxygen atoms in total. The molecule has 0 aliphatic heterocycles. The molecule has 0 saturated carbocycles. The van der Waals surface area contributed by atoms with Crippen LogP contribution in [0.25, 0.3) is 0 Å². The van der Waals surface area contributed by atoms with Crippen LogP contribution < -0.4 is 0 Å². The van der Waals surface area contributed by atoms with Gasteiger partial charge >= 0.3 is 0 Å². The van der Waals surface area contributed by atoms with E-state index in [9.17, 15) is 0 Å². The number of methoxy groups -OCH3 is 1. The molecule has 0 aromatic rings. The molecule has 0 aliphatic rings. The molecule has 0 bridgehead atoms. The smallest absolute Gasteiger partial charge is 0.0462 e. The molecule has 0 aliphatic carbocycles. The van der Waals surface area contributed by atoms with Gasteiger partial charge in [0, 0.05) is 13.7 Å². The largest absolute Gasteiger partial charge is 0.385 e. The highest BCUT2D eigenvalue weighted by Crippen LogP contribution is 2.08. The Hall–Kier alpha value is -0.820. The molecule has 82 valence electrons. The van der Waals surface area contributed by atoms with Gasteiger partial charge in [0.25, 0.3) is 0 Å². The predicted octanol–water partition coefficient (Wildman–Crippen LogP) is 4.13. The second-order valence-electron chi connectivity index (χ2n) is 2.63. The number of ether oxygens (including phenoxy) is 1. The van der Waals surface area contributed by atoms with Crippen LogP contribution in [0.3, 0.4) is 0 Å². The van der Waals surface area contributed by atoms with Crippen molar-refractivity contribution in [3.05, 3.63) is 37.0 Å². The summed E-state index contributed by atoms with van der Waals surface area (Å²) in [6.07, 6.45) is 9.01. The lowest BCUT2D eigenvalue weighted by Crippen LogP contribution is -1.88. The fourth-order valence-electron chi connectivity index (χ4n) is 0.980. The Morgan fingerprint density at radius 1 is 1.21 bits per heavy atom. The third kappa shape index (κ3) is 11.2. The molecule has 0 aromatic carbocycles. The Morgan fingerprint density at radius 3 is 2.29 bits per heavy atom. The van der Waals surface area contributed by atoms with Crippen LogP contribution in [0.2, 0.25) is 0 Å². The molecule has 0 amide bonds. The number of hydrogen-bond donors (Lipinski definition) is 0. The molecular weight excluding hydrogens is 172 g/mol. The predicted molar refractivity (Wildman–Crippen MR) is 65.6 cm³/mol. The summed E-state index contributed by atoms with van der Waals surface area (Å²) in [5, 5.41) is 0. The third-order valence-electron chi connectivity index (χ3n) is 1.66. The van der Waals surface area contributed by atoms with Crippen molar-refractivity contribution in [1.29, 1.82) is 0 Å². The quantitative estimate of drug-likeness (QED) is 0.439. The van der Waals surface area contributed by atoms with Crippen molar-refractivity contribution < 1.29 is 4.74 Å². The first kappa shape index (κ1) is 15.6. The van der Waals surface area contributed by atoms with Crippen molar-refractivity contribution in [1.82, 2.24) is 0 Å². The van der Waals surface area contributed by atoms with Gasteiger partial charge in [-0.1, -0.05) is 45.2 Å². The maximum atomic E-state index is 4.95. The second-order valence-corrected chi connectivity index (χ2v) is 2.63. The molecule has 0 unspecified atom stereocenters. The summed E-state index contributed by atoms with van der Waals surface area (Å²) in [4.78, 5) is 0. The Kier molecular flexibility index (Phi) is 16.4. The zero-order chi connectivity index (χ0) is 11.2. The highest BCUT2D eigenvalue weighted by molar-refractivity contribution is 5.20. The average molecular weight is 196 g/mol. The van der Waals surface area contributed by atoms with Gasteiger partial charge in [-0.3, -0.25) is 0 Å². The SMILES string of the molecule is C=C/C=C(\C=C)CCCCOC.CC. The summed E-state index contributed by atoms with van der Waals surface area (Å²) in [7, 11) is 1.73. The van der Waals surface area contributed by atoms with Gasteiger partial charge in [-0.15, -0.1) is 0 Å². The first-order valence-electron chi connectivity index (χ1n) is 5.28. The van der Waals surface area contributed by atoms with Crippen LogP contribution in [0, 0.1) is 0 Å². The van der Waals surface area contributed by atoms with Gasteiger partial charge in [0.15, 0.2) is 0 Å². The van der Waals surface area contributed by atoms with Crippen LogP contribution in [-0.4, -0.2) is 13.7 Å². The van der Waals surface area contributed by atoms with Crippen LogP contribution in [-0.2, 0) is 4.74 Å². The van der Waals surface area contributed by atoms with Crippen molar-refractivity contribution >= 4 is 0 Å². The van der Waals surface area contributed by atoms with Crippen molar-refractivity contribution in [2.45, 2.75) is 33.1 Å². The Morgan fingerprint density at radius 2 is 1.86 bits per heavy atom. The van der Waals surface area contributed by atoms with Crippen LogP contribution in [0.5, 0.6) is 0 Å². The summed E-state index contributed by atoms with van der Waals surface area (Å²) in [6, 6.07) is 0. The standard InChI is InChI=1S/C11H18O.C2H6/c1-4-8-11(5-2)9-6-7-10-12-3;1-2/h4-5,8H,1-2,6-7,9-10H2,3H3;1-2H3/b11-8+;. The lowest BCUT2D eigenvalue weighted by atomic mass is 10.1. The summed E-state index contributed by atoms with van der Waals surface area (Å²) in [5.41, 5.74) is 1.25. The van der Waals surface area contributed by atoms with E-state index in [1.54, 1.807) is 13.2 Å². The molecule has 0 spiro atoms. The highest BCUT2D eigenvalue weighted by atomic mass is 16.5. The molecule has 0 saturated heterocycles. The van der Waals surface area contributed by atoms with E-state index in [4.69, 9.17) is 4.74 Å². The summed E-state index contributed by atoms with van der Waals surface area (Å²) >= 11 is 0. The molecule has 0 fully saturated rings. The Balaban J connectivity index is 0. The maximum absolute atomic E-state index is 4.95. The summed E-state index contributed by atoms with van der Waals surface area (Å²) < 4.78 is 4.95. The minimum Gasteiger partial charge on any atom is -0.385 e. The first-order chi connectivity index (χ1) is 6.85. The van der Waals surface area contributed by atoms with E-state index >= 15 is 0 Å². The molecule has 0 aromatic heterocycles. The van der Waals surface area contributed by atoms with Gasteiger partial charge in [0.2, 0.25) is 0 Å². The molecule has 1 heteroatoms. The van der Waals surface area contributed by atoms with Crippen LogP contribution in [0.15, 0.2) is 37.0 Å². The van der Waals surface area contributed by atoms with Crippen molar-refractivity contribution in [2.75, 3.05) is 13.7 Å². The highest BCUT2D eigenvalue weighted by Gasteiger charge is 1.91. The lowest BCUT2D eigenvalue weighted by molar-refractivity contribution is 0.193. The third-order valence-corrected chi connectivity index (χ3v) is 1.66. The van der Waals surface area contributed by atoms with Gasteiger partial charge in [-0.05, 0) is 24.8 Å². The van der Waals surface area contributed by atoms with Crippen molar-refractivity contribution in [3.63, 3.8) is 0 Å². The van der Waals surface area contributed by atoms with E-state index in [2.05, 4.69) is 13.2 Å². The zero-order valence-corrected chi connectivity index (χ0v) is 9.88. The number of allylic oxidation sites excluding steroid dienone is 4. The minimum absolute atomic E-state index is 0.846. The van der Waals surface area contributed by atoms with E-state index in [0.29, 0.717) is 0 Å². The molecule has 0 atom stereocenters. The normalized spacial score (nSPS) is 10.1. The van der Waals surface area contributed by atoms with Crippen LogP contribution >= 0.6 is 0 Å². The molecule has 0 heterocycles. The zero-order valence-electron chi connectivity index (χ0n) is 9.88. The number of rotatable bonds is 7. The second kappa shape index (κ2) is 14.7. The van der Waals surface area contributed by atoms with Gasteiger partial charge in [0.05, 0.1) is 0 Å². The van der Waals surface area contributed by atoms with E-state index in [1.807, 2.05) is 26.0 Å². The van der Waals surface area contributed by atoms with Crippen LogP contribution in [0.1, 0.15) is 33.1 Å². The van der Waals surface area contributed by atoms with Gasteiger partial charge < -0.3 is 4.74 Å². The molecule has 0 rings (SSSR count). The summed E-state index contributed by atoms with van der Waals surface area (Å²) in [6.45, 7) is 12.2. The summed E-state index contributed by atoms with van der Waals surface area (Å²) in [5.74, 6) is 0. The van der Waals surface area contributed by atoms with Gasteiger partial charge in [-0.25, -0.2) is 0 Å². The molecular formula is C13H24O. The fraction of sp³-hybridized carbons (Fsp3) is 0.538.